The summed E-state index contributed by atoms with van der Waals surface area (Å²) < 4.78 is 27.1. The molecule has 1 N–H and O–H groups in total. The molecule has 6 nitrogen and oxygen atoms in total. The molecular formula is C16H18N2O4S. The molecule has 0 saturated heterocycles. The Morgan fingerprint density at radius 3 is 2.26 bits per heavy atom. The van der Waals surface area contributed by atoms with Gasteiger partial charge in [-0.1, -0.05) is 30.3 Å². The molecule has 0 unspecified atom stereocenters. The molecule has 2 aromatic carbocycles. The minimum Gasteiger partial charge on any atom is -0.258 e. The van der Waals surface area contributed by atoms with Crippen LogP contribution < -0.4 is 4.72 Å². The van der Waals surface area contributed by atoms with Crippen LogP contribution in [0.25, 0.3) is 0 Å². The second-order valence-corrected chi connectivity index (χ2v) is 7.01. The van der Waals surface area contributed by atoms with E-state index >= 15 is 0 Å². The first-order valence-electron chi connectivity index (χ1n) is 7.19. The lowest BCUT2D eigenvalue weighted by Gasteiger charge is -2.14. The molecule has 0 radical (unpaired) electrons. The van der Waals surface area contributed by atoms with Crippen LogP contribution in [0.2, 0.25) is 0 Å². The van der Waals surface area contributed by atoms with Crippen molar-refractivity contribution in [2.45, 2.75) is 30.7 Å². The first-order valence-corrected chi connectivity index (χ1v) is 8.67. The Bertz CT molecular complexity index is 758. The Labute approximate surface area is 135 Å². The molecule has 0 saturated carbocycles. The third kappa shape index (κ3) is 4.87. The molecule has 23 heavy (non-hydrogen) atoms. The molecular weight excluding hydrogens is 316 g/mol. The highest BCUT2D eigenvalue weighted by Crippen LogP contribution is 2.16. The van der Waals surface area contributed by atoms with E-state index in [0.29, 0.717) is 6.42 Å². The molecule has 0 spiro atoms. The molecule has 0 fully saturated rings. The fourth-order valence-electron chi connectivity index (χ4n) is 2.17. The van der Waals surface area contributed by atoms with Crippen LogP contribution in [-0.4, -0.2) is 19.4 Å². The number of rotatable bonds is 7. The third-order valence-corrected chi connectivity index (χ3v) is 5.03. The molecule has 0 aromatic heterocycles. The van der Waals surface area contributed by atoms with Crippen LogP contribution >= 0.6 is 0 Å². The summed E-state index contributed by atoms with van der Waals surface area (Å²) in [7, 11) is -3.68. The summed E-state index contributed by atoms with van der Waals surface area (Å²) >= 11 is 0. The van der Waals surface area contributed by atoms with Gasteiger partial charge in [0.25, 0.3) is 5.69 Å². The minimum absolute atomic E-state index is 0.0228. The molecule has 122 valence electrons. The molecule has 0 amide bonds. The van der Waals surface area contributed by atoms with E-state index in [4.69, 9.17) is 0 Å². The first-order chi connectivity index (χ1) is 10.9. The predicted octanol–water partition coefficient (Wildman–Crippen LogP) is 2.89. The van der Waals surface area contributed by atoms with Gasteiger partial charge in [-0.15, -0.1) is 0 Å². The van der Waals surface area contributed by atoms with Crippen LogP contribution in [0.4, 0.5) is 5.69 Å². The summed E-state index contributed by atoms with van der Waals surface area (Å²) in [5, 5.41) is 10.6. The number of hydrogen-bond donors (Lipinski definition) is 1. The van der Waals surface area contributed by atoms with Crippen LogP contribution in [0.5, 0.6) is 0 Å². The van der Waals surface area contributed by atoms with Gasteiger partial charge in [0.05, 0.1) is 9.82 Å². The smallest absolute Gasteiger partial charge is 0.258 e. The van der Waals surface area contributed by atoms with Crippen molar-refractivity contribution >= 4 is 15.7 Å². The second-order valence-electron chi connectivity index (χ2n) is 5.30. The number of aryl methyl sites for hydroxylation is 1. The average molecular weight is 334 g/mol. The monoisotopic (exact) mass is 334 g/mol. The Morgan fingerprint density at radius 2 is 1.70 bits per heavy atom. The van der Waals surface area contributed by atoms with Crippen LogP contribution in [-0.2, 0) is 16.4 Å². The van der Waals surface area contributed by atoms with Crippen molar-refractivity contribution < 1.29 is 13.3 Å². The largest absolute Gasteiger partial charge is 0.269 e. The van der Waals surface area contributed by atoms with Gasteiger partial charge in [-0.3, -0.25) is 10.1 Å². The summed E-state index contributed by atoms with van der Waals surface area (Å²) in [5.41, 5.74) is 1.01. The highest BCUT2D eigenvalue weighted by molar-refractivity contribution is 7.89. The number of nitrogens with one attached hydrogen (secondary N) is 1. The van der Waals surface area contributed by atoms with Gasteiger partial charge in [0.2, 0.25) is 10.0 Å². The minimum atomic E-state index is -3.68. The number of nitro benzene ring substituents is 1. The lowest BCUT2D eigenvalue weighted by Crippen LogP contribution is -2.32. The van der Waals surface area contributed by atoms with Gasteiger partial charge >= 0.3 is 0 Å². The quantitative estimate of drug-likeness (QED) is 0.623. The van der Waals surface area contributed by atoms with Crippen molar-refractivity contribution in [1.82, 2.24) is 4.72 Å². The zero-order valence-electron chi connectivity index (χ0n) is 12.7. The van der Waals surface area contributed by atoms with Gasteiger partial charge in [-0.25, -0.2) is 13.1 Å². The van der Waals surface area contributed by atoms with Gasteiger partial charge in [0, 0.05) is 18.2 Å². The van der Waals surface area contributed by atoms with E-state index in [0.717, 1.165) is 12.0 Å². The van der Waals surface area contributed by atoms with Gasteiger partial charge in [0.1, 0.15) is 0 Å². The summed E-state index contributed by atoms with van der Waals surface area (Å²) in [6.45, 7) is 1.80. The highest BCUT2D eigenvalue weighted by atomic mass is 32.2. The summed E-state index contributed by atoms with van der Waals surface area (Å²) in [5.74, 6) is 0. The third-order valence-electron chi connectivity index (χ3n) is 3.42. The van der Waals surface area contributed by atoms with Crippen molar-refractivity contribution in [3.8, 4) is 0 Å². The van der Waals surface area contributed by atoms with Crippen molar-refractivity contribution in [3.05, 3.63) is 70.3 Å². The SMILES string of the molecule is C[C@H](CCc1ccccc1)NS(=O)(=O)c1ccc([N+](=O)[O-])cc1. The van der Waals surface area contributed by atoms with Crippen LogP contribution in [0.3, 0.4) is 0 Å². The second kappa shape index (κ2) is 7.34. The molecule has 1 atom stereocenters. The normalized spacial score (nSPS) is 12.7. The van der Waals surface area contributed by atoms with E-state index in [1.54, 1.807) is 6.92 Å². The van der Waals surface area contributed by atoms with Crippen molar-refractivity contribution in [2.75, 3.05) is 0 Å². The predicted molar refractivity (Wildman–Crippen MR) is 87.6 cm³/mol. The maximum Gasteiger partial charge on any atom is 0.269 e. The van der Waals surface area contributed by atoms with E-state index in [2.05, 4.69) is 4.72 Å². The Morgan fingerprint density at radius 1 is 1.09 bits per heavy atom. The summed E-state index contributed by atoms with van der Waals surface area (Å²) in [6, 6.07) is 14.4. The van der Waals surface area contributed by atoms with Gasteiger partial charge in [-0.05, 0) is 37.5 Å². The van der Waals surface area contributed by atoms with E-state index in [1.807, 2.05) is 30.3 Å². The fraction of sp³-hybridized carbons (Fsp3) is 0.250. The lowest BCUT2D eigenvalue weighted by atomic mass is 10.1. The molecule has 2 aromatic rings. The van der Waals surface area contributed by atoms with E-state index in [1.165, 1.54) is 24.3 Å². The van der Waals surface area contributed by atoms with Gasteiger partial charge in [0.15, 0.2) is 0 Å². The highest BCUT2D eigenvalue weighted by Gasteiger charge is 2.18. The van der Waals surface area contributed by atoms with Crippen LogP contribution in [0.1, 0.15) is 18.9 Å². The number of nitrogens with zero attached hydrogens (tertiary/aromatic N) is 1. The summed E-state index contributed by atoms with van der Waals surface area (Å²) in [6.07, 6.45) is 1.43. The zero-order valence-corrected chi connectivity index (χ0v) is 13.5. The maximum atomic E-state index is 12.3. The van der Waals surface area contributed by atoms with Gasteiger partial charge < -0.3 is 0 Å². The zero-order chi connectivity index (χ0) is 16.9. The molecule has 0 heterocycles. The molecule has 7 heteroatoms. The fourth-order valence-corrected chi connectivity index (χ4v) is 3.44. The Kier molecular flexibility index (Phi) is 5.46. The number of sulfonamides is 1. The number of benzene rings is 2. The van der Waals surface area contributed by atoms with Crippen LogP contribution in [0, 0.1) is 10.1 Å². The molecule has 0 aliphatic rings. The van der Waals surface area contributed by atoms with E-state index < -0.39 is 14.9 Å². The molecule has 2 rings (SSSR count). The Balaban J connectivity index is 1.98. The van der Waals surface area contributed by atoms with Crippen molar-refractivity contribution in [1.29, 1.82) is 0 Å². The number of nitro groups is 1. The maximum absolute atomic E-state index is 12.3. The van der Waals surface area contributed by atoms with E-state index in [-0.39, 0.29) is 16.6 Å². The molecule has 0 bridgehead atoms. The number of non-ortho nitro benzene ring substituents is 1. The average Bonchev–Trinajstić information content (AvgIpc) is 2.53. The van der Waals surface area contributed by atoms with Gasteiger partial charge in [-0.2, -0.15) is 0 Å². The number of hydrogen-bond acceptors (Lipinski definition) is 4. The topological polar surface area (TPSA) is 89.3 Å². The first kappa shape index (κ1) is 17.1. The molecule has 0 aliphatic carbocycles. The van der Waals surface area contributed by atoms with E-state index in [9.17, 15) is 18.5 Å². The Hall–Kier alpha value is -2.25. The lowest BCUT2D eigenvalue weighted by molar-refractivity contribution is -0.384. The van der Waals surface area contributed by atoms with Crippen molar-refractivity contribution in [3.63, 3.8) is 0 Å². The summed E-state index contributed by atoms with van der Waals surface area (Å²) in [4.78, 5) is 10.1. The van der Waals surface area contributed by atoms with Crippen molar-refractivity contribution in [2.24, 2.45) is 0 Å². The molecule has 0 aliphatic heterocycles. The standard InChI is InChI=1S/C16H18N2O4S/c1-13(7-8-14-5-3-2-4-6-14)17-23(21,22)16-11-9-15(10-12-16)18(19)20/h2-6,9-13,17H,7-8H2,1H3/t13-/m1/s1. The van der Waals surface area contributed by atoms with Crippen LogP contribution in [0.15, 0.2) is 59.5 Å².